The lowest BCUT2D eigenvalue weighted by Gasteiger charge is -2.49. The van der Waals surface area contributed by atoms with E-state index in [-0.39, 0.29) is 17.2 Å². The molecule has 3 N–H and O–H groups in total. The number of halogens is 3. The molecule has 0 aliphatic carbocycles. The number of hydrogen-bond acceptors (Lipinski definition) is 7. The summed E-state index contributed by atoms with van der Waals surface area (Å²) in [5.41, 5.74) is -1.87. The fourth-order valence-corrected chi connectivity index (χ4v) is 6.10. The molecule has 1 aromatic carbocycles. The molecule has 3 aromatic rings. The van der Waals surface area contributed by atoms with Gasteiger partial charge in [-0.1, -0.05) is 20.8 Å². The number of carboxylic acid groups (broad SMARTS) is 1. The zero-order valence-electron chi connectivity index (χ0n) is 24.8. The number of carbonyl (C=O) groups excluding carboxylic acids is 1. The van der Waals surface area contributed by atoms with Crippen molar-refractivity contribution < 1.29 is 28.2 Å². The fourth-order valence-electron chi connectivity index (χ4n) is 6.01. The van der Waals surface area contributed by atoms with Gasteiger partial charge in [-0.15, -0.1) is 8.78 Å². The van der Waals surface area contributed by atoms with E-state index in [1.807, 2.05) is 6.07 Å². The molecule has 0 spiro atoms. The highest BCUT2D eigenvalue weighted by molar-refractivity contribution is 6.20. The van der Waals surface area contributed by atoms with Crippen LogP contribution in [0.5, 0.6) is 5.75 Å². The van der Waals surface area contributed by atoms with Gasteiger partial charge >= 0.3 is 11.7 Å². The van der Waals surface area contributed by atoms with E-state index in [0.29, 0.717) is 29.5 Å². The molecule has 2 aromatic heterocycles. The molecule has 2 amide bonds. The Bertz CT molecular complexity index is 1450. The van der Waals surface area contributed by atoms with E-state index in [4.69, 9.17) is 16.6 Å². The molecule has 236 valence electrons. The first-order valence-corrected chi connectivity index (χ1v) is 14.8. The van der Waals surface area contributed by atoms with E-state index in [1.165, 1.54) is 30.5 Å². The molecule has 44 heavy (non-hydrogen) atoms. The predicted octanol–water partition coefficient (Wildman–Crippen LogP) is 5.57. The van der Waals surface area contributed by atoms with Gasteiger partial charge in [0, 0.05) is 80.1 Å². The number of anilines is 2. The van der Waals surface area contributed by atoms with Crippen LogP contribution in [0.3, 0.4) is 0 Å². The summed E-state index contributed by atoms with van der Waals surface area (Å²) < 4.78 is 30.1. The van der Waals surface area contributed by atoms with Crippen LogP contribution >= 0.6 is 11.6 Å². The second kappa shape index (κ2) is 12.6. The molecule has 4 heterocycles. The number of amides is 2. The van der Waals surface area contributed by atoms with Crippen molar-refractivity contribution in [1.29, 1.82) is 0 Å². The number of nitrogens with zero attached hydrogens (tertiary/aromatic N) is 5. The smallest absolute Gasteiger partial charge is 0.465 e. The normalized spacial score (nSPS) is 20.0. The van der Waals surface area contributed by atoms with Crippen molar-refractivity contribution in [3.8, 4) is 17.0 Å². The van der Waals surface area contributed by atoms with Crippen molar-refractivity contribution >= 4 is 35.1 Å². The summed E-state index contributed by atoms with van der Waals surface area (Å²) in [7, 11) is 0. The minimum atomic E-state index is -3.83. The topological polar surface area (TPSA) is 127 Å². The number of rotatable bonds is 7. The van der Waals surface area contributed by atoms with Crippen LogP contribution < -0.4 is 15.0 Å². The third kappa shape index (κ3) is 7.39. The van der Waals surface area contributed by atoms with Gasteiger partial charge in [-0.25, -0.2) is 9.78 Å². The third-order valence-corrected chi connectivity index (χ3v) is 8.29. The molecule has 0 bridgehead atoms. The number of aromatic nitrogens is 3. The molecule has 2 aliphatic rings. The van der Waals surface area contributed by atoms with Gasteiger partial charge < -0.3 is 25.0 Å². The monoisotopic (exact) mass is 631 g/mol. The molecule has 2 saturated heterocycles. The highest BCUT2D eigenvalue weighted by atomic mass is 35.5. The molecule has 5 rings (SSSR count). The molecule has 11 nitrogen and oxygen atoms in total. The van der Waals surface area contributed by atoms with Crippen LogP contribution in [0.1, 0.15) is 44.0 Å². The van der Waals surface area contributed by atoms with Gasteiger partial charge in [-0.2, -0.15) is 5.10 Å². The van der Waals surface area contributed by atoms with E-state index >= 15 is 0 Å². The Morgan fingerprint density at radius 2 is 1.80 bits per heavy atom. The van der Waals surface area contributed by atoms with Gasteiger partial charge in [0.05, 0.1) is 11.3 Å². The van der Waals surface area contributed by atoms with Gasteiger partial charge in [0.25, 0.3) is 5.91 Å². The Morgan fingerprint density at radius 3 is 2.39 bits per heavy atom. The summed E-state index contributed by atoms with van der Waals surface area (Å²) in [6.45, 7) is 9.85. The first kappa shape index (κ1) is 31.5. The summed E-state index contributed by atoms with van der Waals surface area (Å²) in [4.78, 5) is 35.9. The lowest BCUT2D eigenvalue weighted by molar-refractivity contribution is -0.0964. The quantitative estimate of drug-likeness (QED) is 0.289. The number of piperazine rings is 1. The first-order chi connectivity index (χ1) is 20.8. The molecule has 0 radical (unpaired) electrons. The number of carbonyl (C=O) groups is 2. The maximum absolute atomic E-state index is 13.1. The van der Waals surface area contributed by atoms with Gasteiger partial charge in [0.15, 0.2) is 0 Å². The summed E-state index contributed by atoms with van der Waals surface area (Å²) in [6, 6.07) is 9.24. The second-order valence-corrected chi connectivity index (χ2v) is 12.6. The summed E-state index contributed by atoms with van der Waals surface area (Å²) in [5.74, 6) is 0.157. The van der Waals surface area contributed by atoms with Crippen molar-refractivity contribution in [2.45, 2.75) is 51.3 Å². The lowest BCUT2D eigenvalue weighted by atomic mass is 9.79. The van der Waals surface area contributed by atoms with Crippen LogP contribution in [-0.2, 0) is 0 Å². The number of piperidine rings is 1. The van der Waals surface area contributed by atoms with Crippen molar-refractivity contribution in [3.05, 3.63) is 54.4 Å². The predicted molar refractivity (Wildman–Crippen MR) is 162 cm³/mol. The number of H-pyrrole nitrogens is 1. The average Bonchev–Trinajstić information content (AvgIpc) is 3.51. The lowest BCUT2D eigenvalue weighted by Crippen LogP contribution is -2.58. The fraction of sp³-hybridized carbons (Fsp3) is 0.467. The molecule has 2 aliphatic heterocycles. The van der Waals surface area contributed by atoms with Gasteiger partial charge in [0.2, 0.25) is 0 Å². The number of ether oxygens (including phenoxy) is 1. The van der Waals surface area contributed by atoms with Gasteiger partial charge in [-0.05, 0) is 54.7 Å². The third-order valence-electron chi connectivity index (χ3n) is 8.22. The first-order valence-electron chi connectivity index (χ1n) is 14.4. The highest BCUT2D eigenvalue weighted by Crippen LogP contribution is 2.35. The van der Waals surface area contributed by atoms with Crippen LogP contribution in [0.15, 0.2) is 48.8 Å². The SMILES string of the molecule is CC(C)(C)C1CC(N2CCN(c3ncc(C(=O)Nc4ccc(OC(F)(F)Cl)cc4)cc3-c3ccn[nH]3)CC2)CCN1C(=O)O. The molecule has 14 heteroatoms. The Hall–Kier alpha value is -3.97. The maximum Gasteiger partial charge on any atom is 0.487 e. The van der Waals surface area contributed by atoms with Crippen LogP contribution in [0.4, 0.5) is 25.1 Å². The summed E-state index contributed by atoms with van der Waals surface area (Å²) in [5, 5.41) is 19.5. The zero-order valence-corrected chi connectivity index (χ0v) is 25.5. The number of nitrogens with one attached hydrogen (secondary N) is 2. The molecular weight excluding hydrogens is 596 g/mol. The second-order valence-electron chi connectivity index (χ2n) is 12.2. The van der Waals surface area contributed by atoms with E-state index in [9.17, 15) is 23.5 Å². The van der Waals surface area contributed by atoms with Gasteiger partial charge in [-0.3, -0.25) is 14.8 Å². The van der Waals surface area contributed by atoms with Crippen LogP contribution in [0.2, 0.25) is 0 Å². The summed E-state index contributed by atoms with van der Waals surface area (Å²) in [6.07, 6.45) is 3.89. The molecule has 2 fully saturated rings. The van der Waals surface area contributed by atoms with E-state index in [1.54, 1.807) is 17.2 Å². The van der Waals surface area contributed by atoms with Crippen LogP contribution in [0, 0.1) is 5.41 Å². The standard InChI is InChI=1S/C30H36ClF2N7O4/c1-29(2,3)25-17-21(9-11-40(25)28(42)43)38-12-14-39(15-13-38)26-23(24-8-10-35-37-24)16-19(18-34-26)27(41)36-20-4-6-22(7-5-20)44-30(31,32)33/h4-8,10,16,18,21,25H,9,11-15,17H2,1-3H3,(H,35,37)(H,36,41)(H,42,43). The number of aromatic amines is 1. The Morgan fingerprint density at radius 1 is 1.09 bits per heavy atom. The Kier molecular flexibility index (Phi) is 8.98. The summed E-state index contributed by atoms with van der Waals surface area (Å²) >= 11 is 4.81. The molecule has 0 saturated carbocycles. The minimum absolute atomic E-state index is 0.0502. The highest BCUT2D eigenvalue weighted by Gasteiger charge is 2.41. The molecular formula is C30H36ClF2N7O4. The number of likely N-dealkylation sites (tertiary alicyclic amines) is 1. The molecule has 2 atom stereocenters. The number of benzene rings is 1. The van der Waals surface area contributed by atoms with E-state index < -0.39 is 17.6 Å². The number of alkyl halides is 3. The number of hydrogen-bond donors (Lipinski definition) is 3. The Labute approximate surface area is 259 Å². The average molecular weight is 632 g/mol. The van der Waals surface area contributed by atoms with E-state index in [0.717, 1.165) is 50.4 Å². The zero-order chi connectivity index (χ0) is 31.6. The van der Waals surface area contributed by atoms with E-state index in [2.05, 4.69) is 50.8 Å². The maximum atomic E-state index is 13.1. The largest absolute Gasteiger partial charge is 0.487 e. The van der Waals surface area contributed by atoms with Crippen molar-refractivity contribution in [2.75, 3.05) is 42.9 Å². The van der Waals surface area contributed by atoms with Crippen molar-refractivity contribution in [3.63, 3.8) is 0 Å². The van der Waals surface area contributed by atoms with Crippen molar-refractivity contribution in [2.24, 2.45) is 5.41 Å². The Balaban J connectivity index is 1.27. The molecule has 2 unspecified atom stereocenters. The van der Waals surface area contributed by atoms with Crippen LogP contribution in [0.25, 0.3) is 11.3 Å². The van der Waals surface area contributed by atoms with Crippen molar-refractivity contribution in [1.82, 2.24) is 25.0 Å². The number of pyridine rings is 1. The minimum Gasteiger partial charge on any atom is -0.465 e. The van der Waals surface area contributed by atoms with Crippen LogP contribution in [-0.4, -0.2) is 92.5 Å². The van der Waals surface area contributed by atoms with Gasteiger partial charge in [0.1, 0.15) is 11.6 Å².